The average molecular weight is 341 g/mol. The second-order valence-corrected chi connectivity index (χ2v) is 5.38. The molecule has 2 N–H and O–H groups in total. The molecule has 8 heteroatoms. The van der Waals surface area contributed by atoms with Gasteiger partial charge in [-0.05, 0) is 31.0 Å². The summed E-state index contributed by atoms with van der Waals surface area (Å²) in [4.78, 5) is 20.2. The number of halogens is 1. The van der Waals surface area contributed by atoms with E-state index in [9.17, 15) is 9.18 Å². The van der Waals surface area contributed by atoms with E-state index in [0.29, 0.717) is 36.1 Å². The Labute approximate surface area is 143 Å². The van der Waals surface area contributed by atoms with Crippen LogP contribution in [0.15, 0.2) is 47.2 Å². The van der Waals surface area contributed by atoms with Gasteiger partial charge in [0.15, 0.2) is 5.82 Å². The van der Waals surface area contributed by atoms with Crippen LogP contribution >= 0.6 is 0 Å². The van der Waals surface area contributed by atoms with Crippen molar-refractivity contribution in [1.29, 1.82) is 0 Å². The first-order valence-corrected chi connectivity index (χ1v) is 7.65. The number of aromatic nitrogens is 3. The van der Waals surface area contributed by atoms with Gasteiger partial charge in [0.2, 0.25) is 5.95 Å². The van der Waals surface area contributed by atoms with Crippen molar-refractivity contribution in [2.24, 2.45) is 0 Å². The molecule has 25 heavy (non-hydrogen) atoms. The van der Waals surface area contributed by atoms with Crippen LogP contribution < -0.4 is 10.6 Å². The summed E-state index contributed by atoms with van der Waals surface area (Å²) in [6.45, 7) is 2.33. The van der Waals surface area contributed by atoms with Gasteiger partial charge in [-0.2, -0.15) is 0 Å². The van der Waals surface area contributed by atoms with Crippen molar-refractivity contribution in [3.63, 3.8) is 0 Å². The first-order chi connectivity index (χ1) is 12.1. The monoisotopic (exact) mass is 341 g/mol. The lowest BCUT2D eigenvalue weighted by Crippen LogP contribution is -2.14. The minimum atomic E-state index is -0.369. The van der Waals surface area contributed by atoms with Crippen LogP contribution in [0.3, 0.4) is 0 Å². The highest BCUT2D eigenvalue weighted by molar-refractivity contribution is 6.03. The van der Waals surface area contributed by atoms with E-state index in [-0.39, 0.29) is 11.7 Å². The van der Waals surface area contributed by atoms with E-state index in [1.807, 2.05) is 0 Å². The van der Waals surface area contributed by atoms with E-state index in [2.05, 4.69) is 25.8 Å². The molecule has 3 aromatic rings. The van der Waals surface area contributed by atoms with Crippen molar-refractivity contribution in [2.75, 3.05) is 17.2 Å². The molecule has 2 aromatic heterocycles. The van der Waals surface area contributed by atoms with Gasteiger partial charge in [0.05, 0.1) is 5.56 Å². The third-order valence-corrected chi connectivity index (χ3v) is 3.39. The van der Waals surface area contributed by atoms with E-state index in [4.69, 9.17) is 4.52 Å². The molecule has 1 aromatic carbocycles. The second-order valence-electron chi connectivity index (χ2n) is 5.38. The van der Waals surface area contributed by atoms with Gasteiger partial charge in [0, 0.05) is 25.0 Å². The molecule has 0 spiro atoms. The number of amides is 1. The molecular weight excluding hydrogens is 325 g/mol. The number of anilines is 2. The van der Waals surface area contributed by atoms with Crippen molar-refractivity contribution in [2.45, 2.75) is 13.3 Å². The van der Waals surface area contributed by atoms with Gasteiger partial charge < -0.3 is 15.2 Å². The number of carbonyl (C=O) groups excluding carboxylic acids is 1. The highest BCUT2D eigenvalue weighted by atomic mass is 19.1. The van der Waals surface area contributed by atoms with Gasteiger partial charge in [0.1, 0.15) is 11.6 Å². The highest BCUT2D eigenvalue weighted by Crippen LogP contribution is 2.09. The zero-order valence-corrected chi connectivity index (χ0v) is 13.5. The summed E-state index contributed by atoms with van der Waals surface area (Å²) in [5.41, 5.74) is 1.32. The van der Waals surface area contributed by atoms with Crippen LogP contribution in [0, 0.1) is 12.7 Å². The summed E-state index contributed by atoms with van der Waals surface area (Å²) in [7, 11) is 0. The summed E-state index contributed by atoms with van der Waals surface area (Å²) >= 11 is 0. The second kappa shape index (κ2) is 7.52. The zero-order valence-electron chi connectivity index (χ0n) is 13.5. The standard InChI is InChI=1S/C17H16FN5O2/c1-11-8-15(23-25-11)22-16(24)13-9-20-17(21-10-13)19-7-6-12-2-4-14(18)5-3-12/h2-5,8-10H,6-7H2,1H3,(H,19,20,21)(H,22,23,24). The fourth-order valence-corrected chi connectivity index (χ4v) is 2.12. The number of hydrogen-bond acceptors (Lipinski definition) is 6. The predicted octanol–water partition coefficient (Wildman–Crippen LogP) is 2.82. The fourth-order valence-electron chi connectivity index (χ4n) is 2.12. The first kappa shape index (κ1) is 16.6. The molecule has 0 unspecified atom stereocenters. The van der Waals surface area contributed by atoms with Gasteiger partial charge in [-0.25, -0.2) is 14.4 Å². The normalized spacial score (nSPS) is 10.5. The van der Waals surface area contributed by atoms with E-state index in [0.717, 1.165) is 5.56 Å². The number of aryl methyl sites for hydroxylation is 1. The van der Waals surface area contributed by atoms with Crippen molar-refractivity contribution in [3.05, 3.63) is 65.4 Å². The lowest BCUT2D eigenvalue weighted by atomic mass is 10.1. The van der Waals surface area contributed by atoms with E-state index in [1.54, 1.807) is 25.1 Å². The molecule has 0 fully saturated rings. The molecule has 0 radical (unpaired) electrons. The Hall–Kier alpha value is -3.29. The average Bonchev–Trinajstić information content (AvgIpc) is 3.02. The summed E-state index contributed by atoms with van der Waals surface area (Å²) in [5.74, 6) is 0.730. The van der Waals surface area contributed by atoms with Crippen LogP contribution in [0.1, 0.15) is 21.7 Å². The third-order valence-electron chi connectivity index (χ3n) is 3.39. The lowest BCUT2D eigenvalue weighted by molar-refractivity contribution is 0.102. The van der Waals surface area contributed by atoms with Gasteiger partial charge in [-0.15, -0.1) is 0 Å². The highest BCUT2D eigenvalue weighted by Gasteiger charge is 2.10. The summed E-state index contributed by atoms with van der Waals surface area (Å²) in [6, 6.07) is 7.93. The Morgan fingerprint density at radius 1 is 1.20 bits per heavy atom. The molecule has 3 rings (SSSR count). The largest absolute Gasteiger partial charge is 0.360 e. The van der Waals surface area contributed by atoms with Gasteiger partial charge in [-0.1, -0.05) is 17.3 Å². The van der Waals surface area contributed by atoms with Crippen molar-refractivity contribution >= 4 is 17.7 Å². The quantitative estimate of drug-likeness (QED) is 0.716. The Balaban J connectivity index is 1.51. The van der Waals surface area contributed by atoms with Crippen LogP contribution in [0.2, 0.25) is 0 Å². The van der Waals surface area contributed by atoms with Gasteiger partial charge >= 0.3 is 0 Å². The first-order valence-electron chi connectivity index (χ1n) is 7.65. The maximum Gasteiger partial charge on any atom is 0.260 e. The van der Waals surface area contributed by atoms with Gasteiger partial charge in [-0.3, -0.25) is 4.79 Å². The molecule has 0 bridgehead atoms. The summed E-state index contributed by atoms with van der Waals surface area (Å²) in [6.07, 6.45) is 3.56. The molecular formula is C17H16FN5O2. The van der Waals surface area contributed by atoms with Crippen LogP contribution in [0.5, 0.6) is 0 Å². The van der Waals surface area contributed by atoms with Crippen molar-refractivity contribution in [1.82, 2.24) is 15.1 Å². The van der Waals surface area contributed by atoms with Crippen LogP contribution in [-0.4, -0.2) is 27.6 Å². The molecule has 0 saturated carbocycles. The van der Waals surface area contributed by atoms with E-state index >= 15 is 0 Å². The maximum absolute atomic E-state index is 12.8. The molecule has 128 valence electrons. The Morgan fingerprint density at radius 2 is 1.92 bits per heavy atom. The number of hydrogen-bond donors (Lipinski definition) is 2. The minimum Gasteiger partial charge on any atom is -0.360 e. The van der Waals surface area contributed by atoms with Crippen molar-refractivity contribution < 1.29 is 13.7 Å². The van der Waals surface area contributed by atoms with Crippen LogP contribution in [0.25, 0.3) is 0 Å². The Morgan fingerprint density at radius 3 is 2.56 bits per heavy atom. The zero-order chi connectivity index (χ0) is 17.6. The van der Waals surface area contributed by atoms with Gasteiger partial charge in [0.25, 0.3) is 5.91 Å². The van der Waals surface area contributed by atoms with Crippen LogP contribution in [0.4, 0.5) is 16.2 Å². The summed E-state index contributed by atoms with van der Waals surface area (Å²) in [5, 5.41) is 9.33. The number of carbonyl (C=O) groups is 1. The Bertz CT molecular complexity index is 846. The maximum atomic E-state index is 12.8. The molecule has 0 atom stereocenters. The Kier molecular flexibility index (Phi) is 4.98. The number of benzene rings is 1. The molecule has 0 aliphatic rings. The molecule has 0 saturated heterocycles. The molecule has 2 heterocycles. The number of nitrogens with zero attached hydrogens (tertiary/aromatic N) is 3. The summed E-state index contributed by atoms with van der Waals surface area (Å²) < 4.78 is 17.7. The van der Waals surface area contributed by atoms with Crippen LogP contribution in [-0.2, 0) is 6.42 Å². The SMILES string of the molecule is Cc1cc(NC(=O)c2cnc(NCCc3ccc(F)cc3)nc2)no1. The topological polar surface area (TPSA) is 92.9 Å². The molecule has 1 amide bonds. The predicted molar refractivity (Wildman–Crippen MR) is 89.8 cm³/mol. The smallest absolute Gasteiger partial charge is 0.260 e. The number of nitrogens with one attached hydrogen (secondary N) is 2. The third kappa shape index (κ3) is 4.60. The molecule has 0 aliphatic heterocycles. The minimum absolute atomic E-state index is 0.255. The molecule has 0 aliphatic carbocycles. The fraction of sp³-hybridized carbons (Fsp3) is 0.176. The van der Waals surface area contributed by atoms with E-state index < -0.39 is 0 Å². The van der Waals surface area contributed by atoms with E-state index in [1.165, 1.54) is 24.5 Å². The molecule has 7 nitrogen and oxygen atoms in total. The lowest BCUT2D eigenvalue weighted by Gasteiger charge is -2.06. The number of rotatable bonds is 6. The van der Waals surface area contributed by atoms with Crippen molar-refractivity contribution in [3.8, 4) is 0 Å².